The van der Waals surface area contributed by atoms with Gasteiger partial charge in [-0.1, -0.05) is 48.5 Å². The maximum absolute atomic E-state index is 12.2. The molecule has 0 bridgehead atoms. The third-order valence-electron chi connectivity index (χ3n) is 4.85. The van der Waals surface area contributed by atoms with Crippen molar-refractivity contribution in [3.8, 4) is 0 Å². The van der Waals surface area contributed by atoms with Gasteiger partial charge in [-0.3, -0.25) is 4.90 Å². The molecule has 0 amide bonds. The highest BCUT2D eigenvalue weighted by atomic mass is 32.2. The zero-order chi connectivity index (χ0) is 17.5. The van der Waals surface area contributed by atoms with Crippen LogP contribution in [0.25, 0.3) is 0 Å². The van der Waals surface area contributed by atoms with E-state index in [-0.39, 0.29) is 0 Å². The zero-order valence-corrected chi connectivity index (χ0v) is 15.3. The predicted molar refractivity (Wildman–Crippen MR) is 101 cm³/mol. The van der Waals surface area contributed by atoms with Gasteiger partial charge in [0, 0.05) is 13.1 Å². The minimum atomic E-state index is -3.37. The maximum atomic E-state index is 12.2. The van der Waals surface area contributed by atoms with Gasteiger partial charge in [-0.15, -0.1) is 0 Å². The quantitative estimate of drug-likeness (QED) is 0.826. The third kappa shape index (κ3) is 5.39. The Morgan fingerprint density at radius 3 is 2.16 bits per heavy atom. The molecule has 1 saturated heterocycles. The van der Waals surface area contributed by atoms with Crippen LogP contribution in [-0.4, -0.2) is 33.0 Å². The summed E-state index contributed by atoms with van der Waals surface area (Å²) in [5.41, 5.74) is 1.36. The van der Waals surface area contributed by atoms with Gasteiger partial charge in [0.15, 0.2) is 0 Å². The molecule has 134 valence electrons. The summed E-state index contributed by atoms with van der Waals surface area (Å²) in [6, 6.07) is 19.1. The van der Waals surface area contributed by atoms with Crippen LogP contribution in [0, 0.1) is 5.92 Å². The SMILES string of the molecule is O=S(=O)(NCCC1CCN(Cc2ccccc2)CC1)c1ccccc1. The molecule has 0 aromatic heterocycles. The van der Waals surface area contributed by atoms with Crippen LogP contribution in [0.15, 0.2) is 65.6 Å². The lowest BCUT2D eigenvalue weighted by atomic mass is 9.93. The first-order chi connectivity index (χ1) is 12.1. The number of hydrogen-bond donors (Lipinski definition) is 1. The first kappa shape index (κ1) is 18.1. The van der Waals surface area contributed by atoms with E-state index < -0.39 is 10.0 Å². The molecule has 1 heterocycles. The molecule has 0 spiro atoms. The van der Waals surface area contributed by atoms with Crippen LogP contribution in [0.5, 0.6) is 0 Å². The molecule has 5 heteroatoms. The van der Waals surface area contributed by atoms with Crippen molar-refractivity contribution in [2.24, 2.45) is 5.92 Å². The number of nitrogens with one attached hydrogen (secondary N) is 1. The van der Waals surface area contributed by atoms with Gasteiger partial charge in [0.1, 0.15) is 0 Å². The van der Waals surface area contributed by atoms with Crippen LogP contribution in [0.2, 0.25) is 0 Å². The van der Waals surface area contributed by atoms with Gasteiger partial charge >= 0.3 is 0 Å². The Balaban J connectivity index is 1.39. The number of sulfonamides is 1. The standard InChI is InChI=1S/C20H26N2O2S/c23-25(24,20-9-5-2-6-10-20)21-14-11-18-12-15-22(16-13-18)17-19-7-3-1-4-8-19/h1-10,18,21H,11-17H2. The molecular formula is C20H26N2O2S. The van der Waals surface area contributed by atoms with E-state index in [1.807, 2.05) is 12.1 Å². The summed E-state index contributed by atoms with van der Waals surface area (Å²) in [6.07, 6.45) is 3.19. The monoisotopic (exact) mass is 358 g/mol. The molecule has 0 aliphatic carbocycles. The van der Waals surface area contributed by atoms with Crippen molar-refractivity contribution >= 4 is 10.0 Å². The lowest BCUT2D eigenvalue weighted by Crippen LogP contribution is -2.34. The summed E-state index contributed by atoms with van der Waals surface area (Å²) in [5.74, 6) is 0.602. The van der Waals surface area contributed by atoms with Crippen LogP contribution in [0.3, 0.4) is 0 Å². The summed E-state index contributed by atoms with van der Waals surface area (Å²) >= 11 is 0. The molecule has 25 heavy (non-hydrogen) atoms. The Kier molecular flexibility index (Phi) is 6.24. The fourth-order valence-corrected chi connectivity index (χ4v) is 4.42. The Hall–Kier alpha value is -1.69. The van der Waals surface area contributed by atoms with E-state index in [9.17, 15) is 8.42 Å². The summed E-state index contributed by atoms with van der Waals surface area (Å²) < 4.78 is 27.2. The fraction of sp³-hybridized carbons (Fsp3) is 0.400. The first-order valence-electron chi connectivity index (χ1n) is 8.94. The van der Waals surface area contributed by atoms with E-state index in [0.29, 0.717) is 17.4 Å². The number of piperidine rings is 1. The largest absolute Gasteiger partial charge is 0.299 e. The molecule has 1 fully saturated rings. The Morgan fingerprint density at radius 1 is 0.920 bits per heavy atom. The molecule has 2 aromatic rings. The lowest BCUT2D eigenvalue weighted by molar-refractivity contribution is 0.173. The second-order valence-electron chi connectivity index (χ2n) is 6.70. The highest BCUT2D eigenvalue weighted by molar-refractivity contribution is 7.89. The average molecular weight is 359 g/mol. The molecule has 0 radical (unpaired) electrons. The van der Waals surface area contributed by atoms with Crippen molar-refractivity contribution in [2.45, 2.75) is 30.7 Å². The van der Waals surface area contributed by atoms with E-state index in [1.54, 1.807) is 24.3 Å². The van der Waals surface area contributed by atoms with Crippen LogP contribution in [0.4, 0.5) is 0 Å². The molecule has 4 nitrogen and oxygen atoms in total. The Labute approximate surface area is 150 Å². The van der Waals surface area contributed by atoms with Gasteiger partial charge in [0.05, 0.1) is 4.90 Å². The normalized spacial score (nSPS) is 16.8. The molecule has 0 unspecified atom stereocenters. The molecule has 0 saturated carbocycles. The van der Waals surface area contributed by atoms with E-state index in [2.05, 4.69) is 33.9 Å². The van der Waals surface area contributed by atoms with Crippen molar-refractivity contribution in [3.05, 3.63) is 66.2 Å². The van der Waals surface area contributed by atoms with Crippen molar-refractivity contribution in [1.29, 1.82) is 0 Å². The molecular weight excluding hydrogens is 332 g/mol. The van der Waals surface area contributed by atoms with Crippen LogP contribution in [0.1, 0.15) is 24.8 Å². The topological polar surface area (TPSA) is 49.4 Å². The highest BCUT2D eigenvalue weighted by Gasteiger charge is 2.20. The van der Waals surface area contributed by atoms with E-state index in [0.717, 1.165) is 38.9 Å². The van der Waals surface area contributed by atoms with E-state index in [1.165, 1.54) is 5.56 Å². The van der Waals surface area contributed by atoms with Gasteiger partial charge in [0.25, 0.3) is 0 Å². The molecule has 0 atom stereocenters. The van der Waals surface area contributed by atoms with E-state index in [4.69, 9.17) is 0 Å². The predicted octanol–water partition coefficient (Wildman–Crippen LogP) is 3.27. The average Bonchev–Trinajstić information content (AvgIpc) is 2.65. The molecule has 1 aliphatic heterocycles. The Morgan fingerprint density at radius 2 is 1.52 bits per heavy atom. The summed E-state index contributed by atoms with van der Waals surface area (Å²) in [5, 5.41) is 0. The third-order valence-corrected chi connectivity index (χ3v) is 6.33. The smallest absolute Gasteiger partial charge is 0.240 e. The van der Waals surface area contributed by atoms with Crippen LogP contribution in [-0.2, 0) is 16.6 Å². The molecule has 3 rings (SSSR count). The highest BCUT2D eigenvalue weighted by Crippen LogP contribution is 2.21. The Bertz CT molecular complexity index is 740. The van der Waals surface area contributed by atoms with Crippen molar-refractivity contribution in [2.75, 3.05) is 19.6 Å². The molecule has 1 aliphatic rings. The van der Waals surface area contributed by atoms with Crippen molar-refractivity contribution < 1.29 is 8.42 Å². The second-order valence-corrected chi connectivity index (χ2v) is 8.47. The number of benzene rings is 2. The van der Waals surface area contributed by atoms with Gasteiger partial charge in [0.2, 0.25) is 10.0 Å². The van der Waals surface area contributed by atoms with Crippen LogP contribution >= 0.6 is 0 Å². The summed E-state index contributed by atoms with van der Waals surface area (Å²) in [7, 11) is -3.37. The van der Waals surface area contributed by atoms with Gasteiger partial charge in [-0.2, -0.15) is 0 Å². The van der Waals surface area contributed by atoms with Gasteiger partial charge < -0.3 is 0 Å². The van der Waals surface area contributed by atoms with Crippen LogP contribution < -0.4 is 4.72 Å². The molecule has 2 aromatic carbocycles. The maximum Gasteiger partial charge on any atom is 0.240 e. The number of hydrogen-bond acceptors (Lipinski definition) is 3. The number of likely N-dealkylation sites (tertiary alicyclic amines) is 1. The second kappa shape index (κ2) is 8.61. The summed E-state index contributed by atoms with van der Waals surface area (Å²) in [6.45, 7) is 3.70. The minimum absolute atomic E-state index is 0.340. The summed E-state index contributed by atoms with van der Waals surface area (Å²) in [4.78, 5) is 2.83. The van der Waals surface area contributed by atoms with Crippen molar-refractivity contribution in [1.82, 2.24) is 9.62 Å². The molecule has 1 N–H and O–H groups in total. The van der Waals surface area contributed by atoms with Crippen molar-refractivity contribution in [3.63, 3.8) is 0 Å². The number of nitrogens with zero attached hydrogens (tertiary/aromatic N) is 1. The zero-order valence-electron chi connectivity index (χ0n) is 14.5. The number of rotatable bonds is 7. The minimum Gasteiger partial charge on any atom is -0.299 e. The van der Waals surface area contributed by atoms with E-state index >= 15 is 0 Å². The van der Waals surface area contributed by atoms with Gasteiger partial charge in [-0.05, 0) is 56.0 Å². The fourth-order valence-electron chi connectivity index (χ4n) is 3.36. The first-order valence-corrected chi connectivity index (χ1v) is 10.4. The lowest BCUT2D eigenvalue weighted by Gasteiger charge is -2.32. The van der Waals surface area contributed by atoms with Gasteiger partial charge in [-0.25, -0.2) is 13.1 Å².